The van der Waals surface area contributed by atoms with Gasteiger partial charge in [-0.2, -0.15) is 0 Å². The van der Waals surface area contributed by atoms with Crippen molar-refractivity contribution in [2.45, 2.75) is 77.8 Å². The number of esters is 2. The molecule has 0 aromatic heterocycles. The fourth-order valence-corrected chi connectivity index (χ4v) is 2.44. The first-order valence-corrected chi connectivity index (χ1v) is 7.62. The van der Waals surface area contributed by atoms with Crippen LogP contribution in [0.5, 0.6) is 0 Å². The molecule has 6 heteroatoms. The minimum atomic E-state index is -1.05. The summed E-state index contributed by atoms with van der Waals surface area (Å²) in [6.45, 7) is 10.4. The minimum absolute atomic E-state index is 0.0139. The standard InChI is InChI=1S/C16H28O6/c1-15(2,3)21-13(19)9-7-11(17)12(18)8-10(9)14(20)22-16(4,5)6/h9-12,17-18H,7-8H2,1-6H3/t9-,10-,11-,12-/m0/s1. The smallest absolute Gasteiger partial charge is 0.310 e. The second-order valence-electron chi connectivity index (χ2n) is 7.89. The molecule has 1 rings (SSSR count). The molecule has 0 bridgehead atoms. The third-order valence-electron chi connectivity index (χ3n) is 3.34. The van der Waals surface area contributed by atoms with Crippen molar-refractivity contribution in [2.75, 3.05) is 0 Å². The van der Waals surface area contributed by atoms with Gasteiger partial charge < -0.3 is 19.7 Å². The Morgan fingerprint density at radius 1 is 0.773 bits per heavy atom. The molecule has 0 aromatic rings. The number of aliphatic hydroxyl groups excluding tert-OH is 2. The van der Waals surface area contributed by atoms with Crippen LogP contribution in [-0.4, -0.2) is 45.6 Å². The van der Waals surface area contributed by atoms with Crippen LogP contribution in [-0.2, 0) is 19.1 Å². The molecule has 1 aliphatic rings. The molecule has 2 N–H and O–H groups in total. The normalized spacial score (nSPS) is 29.8. The summed E-state index contributed by atoms with van der Waals surface area (Å²) in [5.74, 6) is -2.72. The second kappa shape index (κ2) is 6.54. The van der Waals surface area contributed by atoms with E-state index in [9.17, 15) is 19.8 Å². The maximum Gasteiger partial charge on any atom is 0.310 e. The lowest BCUT2D eigenvalue weighted by Crippen LogP contribution is -2.47. The third-order valence-corrected chi connectivity index (χ3v) is 3.34. The largest absolute Gasteiger partial charge is 0.460 e. The van der Waals surface area contributed by atoms with Crippen molar-refractivity contribution in [3.05, 3.63) is 0 Å². The van der Waals surface area contributed by atoms with E-state index in [0.717, 1.165) is 0 Å². The van der Waals surface area contributed by atoms with Crippen LogP contribution in [0.3, 0.4) is 0 Å². The van der Waals surface area contributed by atoms with Gasteiger partial charge in [-0.3, -0.25) is 9.59 Å². The number of rotatable bonds is 2. The Morgan fingerprint density at radius 2 is 1.05 bits per heavy atom. The van der Waals surface area contributed by atoms with E-state index in [-0.39, 0.29) is 12.8 Å². The maximum absolute atomic E-state index is 12.3. The van der Waals surface area contributed by atoms with Crippen molar-refractivity contribution in [2.24, 2.45) is 11.8 Å². The Hall–Kier alpha value is -1.14. The van der Waals surface area contributed by atoms with Gasteiger partial charge in [0.1, 0.15) is 11.2 Å². The summed E-state index contributed by atoms with van der Waals surface area (Å²) in [6, 6.07) is 0. The lowest BCUT2D eigenvalue weighted by Gasteiger charge is -2.36. The van der Waals surface area contributed by atoms with Crippen LogP contribution >= 0.6 is 0 Å². The molecule has 0 heterocycles. The summed E-state index contributed by atoms with van der Waals surface area (Å²) >= 11 is 0. The first kappa shape index (κ1) is 18.9. The predicted molar refractivity (Wildman–Crippen MR) is 79.9 cm³/mol. The molecule has 0 amide bonds. The third kappa shape index (κ3) is 5.57. The van der Waals surface area contributed by atoms with Crippen LogP contribution in [0.15, 0.2) is 0 Å². The van der Waals surface area contributed by atoms with Crippen molar-refractivity contribution in [3.8, 4) is 0 Å². The van der Waals surface area contributed by atoms with Crippen LogP contribution < -0.4 is 0 Å². The van der Waals surface area contributed by atoms with Crippen LogP contribution in [0, 0.1) is 11.8 Å². The zero-order valence-electron chi connectivity index (χ0n) is 14.3. The molecule has 0 saturated heterocycles. The van der Waals surface area contributed by atoms with E-state index in [1.165, 1.54) is 0 Å². The number of hydrogen-bond acceptors (Lipinski definition) is 6. The molecule has 22 heavy (non-hydrogen) atoms. The van der Waals surface area contributed by atoms with Crippen molar-refractivity contribution in [1.82, 2.24) is 0 Å². The van der Waals surface area contributed by atoms with E-state index in [1.54, 1.807) is 41.5 Å². The summed E-state index contributed by atoms with van der Waals surface area (Å²) in [5.41, 5.74) is -1.37. The van der Waals surface area contributed by atoms with Crippen molar-refractivity contribution in [3.63, 3.8) is 0 Å². The van der Waals surface area contributed by atoms with Crippen molar-refractivity contribution >= 4 is 11.9 Å². The average molecular weight is 316 g/mol. The van der Waals surface area contributed by atoms with Gasteiger partial charge in [0.25, 0.3) is 0 Å². The molecule has 1 aliphatic carbocycles. The highest BCUT2D eigenvalue weighted by Gasteiger charge is 2.46. The molecule has 1 saturated carbocycles. The summed E-state index contributed by atoms with van der Waals surface area (Å²) in [4.78, 5) is 24.6. The molecule has 1 fully saturated rings. The molecule has 0 aliphatic heterocycles. The van der Waals surface area contributed by atoms with Gasteiger partial charge in [-0.15, -0.1) is 0 Å². The first-order chi connectivity index (χ1) is 9.80. The molecular formula is C16H28O6. The van der Waals surface area contributed by atoms with Crippen LogP contribution in [0.25, 0.3) is 0 Å². The molecule has 128 valence electrons. The Morgan fingerprint density at radius 3 is 1.27 bits per heavy atom. The van der Waals surface area contributed by atoms with E-state index in [4.69, 9.17) is 9.47 Å². The average Bonchev–Trinajstić information content (AvgIpc) is 2.27. The quantitative estimate of drug-likeness (QED) is 0.748. The SMILES string of the molecule is CC(C)(C)OC(=O)[C@H]1C[C@H](O)[C@@H](O)C[C@@H]1C(=O)OC(C)(C)C. The number of carbonyl (C=O) groups excluding carboxylic acids is 2. The molecule has 4 atom stereocenters. The Bertz CT molecular complexity index is 377. The Labute approximate surface area is 131 Å². The molecule has 0 spiro atoms. The second-order valence-corrected chi connectivity index (χ2v) is 7.89. The van der Waals surface area contributed by atoms with E-state index < -0.39 is 47.2 Å². The van der Waals surface area contributed by atoms with Gasteiger partial charge in [0, 0.05) is 0 Å². The number of carbonyl (C=O) groups is 2. The van der Waals surface area contributed by atoms with Crippen LogP contribution in [0.2, 0.25) is 0 Å². The van der Waals surface area contributed by atoms with E-state index in [2.05, 4.69) is 0 Å². The van der Waals surface area contributed by atoms with Gasteiger partial charge in [0.2, 0.25) is 0 Å². The number of ether oxygens (including phenoxy) is 2. The fourth-order valence-electron chi connectivity index (χ4n) is 2.44. The van der Waals surface area contributed by atoms with Crippen molar-refractivity contribution in [1.29, 1.82) is 0 Å². The topological polar surface area (TPSA) is 93.1 Å². The fraction of sp³-hybridized carbons (Fsp3) is 0.875. The lowest BCUT2D eigenvalue weighted by molar-refractivity contribution is -0.181. The van der Waals surface area contributed by atoms with Gasteiger partial charge >= 0.3 is 11.9 Å². The van der Waals surface area contributed by atoms with Gasteiger partial charge in [-0.25, -0.2) is 0 Å². The first-order valence-electron chi connectivity index (χ1n) is 7.62. The van der Waals surface area contributed by atoms with Gasteiger partial charge in [-0.05, 0) is 54.4 Å². The summed E-state index contributed by atoms with van der Waals surface area (Å²) in [6.07, 6.45) is -2.12. The minimum Gasteiger partial charge on any atom is -0.460 e. The number of aliphatic hydroxyl groups is 2. The maximum atomic E-state index is 12.3. The van der Waals surface area contributed by atoms with Crippen molar-refractivity contribution < 1.29 is 29.3 Å². The summed E-state index contributed by atoms with van der Waals surface area (Å²) in [5, 5.41) is 19.6. The highest BCUT2D eigenvalue weighted by molar-refractivity contribution is 5.83. The monoisotopic (exact) mass is 316 g/mol. The molecule has 6 nitrogen and oxygen atoms in total. The molecule has 0 radical (unpaired) electrons. The van der Waals surface area contributed by atoms with Crippen LogP contribution in [0.4, 0.5) is 0 Å². The van der Waals surface area contributed by atoms with E-state index in [0.29, 0.717) is 0 Å². The zero-order chi connectivity index (χ0) is 17.3. The molecule has 0 aromatic carbocycles. The van der Waals surface area contributed by atoms with Gasteiger partial charge in [-0.1, -0.05) is 0 Å². The summed E-state index contributed by atoms with van der Waals surface area (Å²) in [7, 11) is 0. The predicted octanol–water partition coefficient (Wildman–Crippen LogP) is 1.42. The van der Waals surface area contributed by atoms with E-state index >= 15 is 0 Å². The van der Waals surface area contributed by atoms with Gasteiger partial charge in [0.15, 0.2) is 0 Å². The Kier molecular flexibility index (Phi) is 5.62. The van der Waals surface area contributed by atoms with Crippen LogP contribution in [0.1, 0.15) is 54.4 Å². The zero-order valence-corrected chi connectivity index (χ0v) is 14.3. The highest BCUT2D eigenvalue weighted by Crippen LogP contribution is 2.34. The van der Waals surface area contributed by atoms with Gasteiger partial charge in [0.05, 0.1) is 24.0 Å². The lowest BCUT2D eigenvalue weighted by atomic mass is 9.76. The molecular weight excluding hydrogens is 288 g/mol. The summed E-state index contributed by atoms with van der Waals surface area (Å²) < 4.78 is 10.7. The van der Waals surface area contributed by atoms with E-state index in [1.807, 2.05) is 0 Å². The molecule has 0 unspecified atom stereocenters. The Balaban J connectivity index is 2.93. The highest BCUT2D eigenvalue weighted by atomic mass is 16.6. The number of hydrogen-bond donors (Lipinski definition) is 2.